The van der Waals surface area contributed by atoms with Crippen LogP contribution in [0.2, 0.25) is 0 Å². The second-order valence-electron chi connectivity index (χ2n) is 3.98. The molecule has 0 aliphatic heterocycles. The number of ketones is 1. The van der Waals surface area contributed by atoms with E-state index in [0.29, 0.717) is 17.7 Å². The lowest BCUT2D eigenvalue weighted by molar-refractivity contribution is -0.120. The average molecular weight is 249 g/mol. The van der Waals surface area contributed by atoms with Gasteiger partial charge in [-0.3, -0.25) is 9.59 Å². The Bertz CT molecular complexity index is 469. The number of amides is 1. The highest BCUT2D eigenvalue weighted by molar-refractivity contribution is 5.98. The molecule has 0 spiro atoms. The van der Waals surface area contributed by atoms with Crippen molar-refractivity contribution in [3.63, 3.8) is 0 Å². The summed E-state index contributed by atoms with van der Waals surface area (Å²) in [6.45, 7) is 5.47. The third-order valence-corrected chi connectivity index (χ3v) is 2.50. The van der Waals surface area contributed by atoms with Gasteiger partial charge in [0.15, 0.2) is 5.78 Å². The van der Waals surface area contributed by atoms with Crippen molar-refractivity contribution in [3.8, 4) is 0 Å². The summed E-state index contributed by atoms with van der Waals surface area (Å²) in [5.74, 6) is -0.691. The first kappa shape index (κ1) is 14.1. The molecule has 0 bridgehead atoms. The van der Waals surface area contributed by atoms with Crippen LogP contribution in [-0.2, 0) is 4.79 Å². The molecule has 1 N–H and O–H groups in total. The van der Waals surface area contributed by atoms with Crippen molar-refractivity contribution >= 4 is 11.7 Å². The number of carbonyl (C=O) groups excluding carboxylic acids is 2. The summed E-state index contributed by atoms with van der Waals surface area (Å²) < 4.78 is 13.0. The van der Waals surface area contributed by atoms with Gasteiger partial charge in [-0.05, 0) is 30.7 Å². The zero-order chi connectivity index (χ0) is 13.5. The average Bonchev–Trinajstić information content (AvgIpc) is 2.36. The van der Waals surface area contributed by atoms with Crippen molar-refractivity contribution in [3.05, 3.63) is 47.8 Å². The summed E-state index contributed by atoms with van der Waals surface area (Å²) in [6.07, 6.45) is 1.82. The standard InChI is InChI=1S/C14H16FNO2/c1-3-8-16-14(18)7-6-13(17)11-4-5-12(15)10(2)9-11/h3-5,9H,1,6-8H2,2H3,(H,16,18). The van der Waals surface area contributed by atoms with Crippen LogP contribution in [-0.4, -0.2) is 18.2 Å². The second kappa shape index (κ2) is 6.69. The largest absolute Gasteiger partial charge is 0.353 e. The number of aryl methyl sites for hydroxylation is 1. The fourth-order valence-electron chi connectivity index (χ4n) is 1.46. The minimum Gasteiger partial charge on any atom is -0.353 e. The summed E-state index contributed by atoms with van der Waals surface area (Å²) in [7, 11) is 0. The first-order valence-electron chi connectivity index (χ1n) is 5.71. The van der Waals surface area contributed by atoms with Gasteiger partial charge in [0.25, 0.3) is 0 Å². The molecule has 0 unspecified atom stereocenters. The van der Waals surface area contributed by atoms with Crippen LogP contribution in [0.4, 0.5) is 4.39 Å². The van der Waals surface area contributed by atoms with E-state index >= 15 is 0 Å². The van der Waals surface area contributed by atoms with Crippen molar-refractivity contribution < 1.29 is 14.0 Å². The summed E-state index contributed by atoms with van der Waals surface area (Å²) in [4.78, 5) is 23.1. The highest BCUT2D eigenvalue weighted by atomic mass is 19.1. The third-order valence-electron chi connectivity index (χ3n) is 2.50. The molecular formula is C14H16FNO2. The maximum atomic E-state index is 13.0. The normalized spacial score (nSPS) is 9.89. The van der Waals surface area contributed by atoms with Gasteiger partial charge >= 0.3 is 0 Å². The molecule has 1 rings (SSSR count). The number of rotatable bonds is 6. The van der Waals surface area contributed by atoms with Crippen molar-refractivity contribution in [1.29, 1.82) is 0 Å². The number of hydrogen-bond donors (Lipinski definition) is 1. The fraction of sp³-hybridized carbons (Fsp3) is 0.286. The van der Waals surface area contributed by atoms with E-state index in [1.54, 1.807) is 13.0 Å². The lowest BCUT2D eigenvalue weighted by atomic mass is 10.0. The Balaban J connectivity index is 2.52. The molecule has 0 aliphatic rings. The van der Waals surface area contributed by atoms with E-state index < -0.39 is 0 Å². The van der Waals surface area contributed by atoms with Gasteiger partial charge in [-0.1, -0.05) is 6.08 Å². The predicted molar refractivity (Wildman–Crippen MR) is 67.9 cm³/mol. The topological polar surface area (TPSA) is 46.2 Å². The maximum absolute atomic E-state index is 13.0. The molecule has 0 fully saturated rings. The Morgan fingerprint density at radius 1 is 1.39 bits per heavy atom. The minimum atomic E-state index is -0.338. The SMILES string of the molecule is C=CCNC(=O)CCC(=O)c1ccc(F)c(C)c1. The summed E-state index contributed by atoms with van der Waals surface area (Å²) >= 11 is 0. The molecule has 1 amide bonds. The van der Waals surface area contributed by atoms with Gasteiger partial charge in [0.05, 0.1) is 0 Å². The number of benzene rings is 1. The minimum absolute atomic E-state index is 0.119. The molecule has 4 heteroatoms. The Labute approximate surface area is 106 Å². The summed E-state index contributed by atoms with van der Waals surface area (Å²) in [6, 6.07) is 4.20. The number of hydrogen-bond acceptors (Lipinski definition) is 2. The zero-order valence-corrected chi connectivity index (χ0v) is 10.3. The smallest absolute Gasteiger partial charge is 0.220 e. The summed E-state index contributed by atoms with van der Waals surface area (Å²) in [5, 5.41) is 2.59. The van der Waals surface area contributed by atoms with Crippen LogP contribution in [0.15, 0.2) is 30.9 Å². The lowest BCUT2D eigenvalue weighted by Crippen LogP contribution is -2.23. The van der Waals surface area contributed by atoms with Crippen molar-refractivity contribution in [2.45, 2.75) is 19.8 Å². The molecule has 1 aromatic rings. The van der Waals surface area contributed by atoms with Gasteiger partial charge in [-0.25, -0.2) is 4.39 Å². The molecule has 0 aliphatic carbocycles. The highest BCUT2D eigenvalue weighted by Crippen LogP contribution is 2.11. The Morgan fingerprint density at radius 3 is 2.72 bits per heavy atom. The number of carbonyl (C=O) groups is 2. The predicted octanol–water partition coefficient (Wildman–Crippen LogP) is 2.40. The molecule has 1 aromatic carbocycles. The molecule has 0 atom stereocenters. The van der Waals surface area contributed by atoms with Gasteiger partial charge < -0.3 is 5.32 Å². The first-order chi connectivity index (χ1) is 8.54. The number of Topliss-reactive ketones (excluding diaryl/α,β-unsaturated/α-hetero) is 1. The van der Waals surface area contributed by atoms with E-state index in [4.69, 9.17) is 0 Å². The fourth-order valence-corrected chi connectivity index (χ4v) is 1.46. The third kappa shape index (κ3) is 4.13. The quantitative estimate of drug-likeness (QED) is 0.621. The van der Waals surface area contributed by atoms with Crippen LogP contribution in [0.1, 0.15) is 28.8 Å². The van der Waals surface area contributed by atoms with Gasteiger partial charge in [0.2, 0.25) is 5.91 Å². The second-order valence-corrected chi connectivity index (χ2v) is 3.98. The molecule has 0 aromatic heterocycles. The Morgan fingerprint density at radius 2 is 2.11 bits per heavy atom. The molecule has 18 heavy (non-hydrogen) atoms. The maximum Gasteiger partial charge on any atom is 0.220 e. The molecular weight excluding hydrogens is 233 g/mol. The van der Waals surface area contributed by atoms with E-state index in [-0.39, 0.29) is 30.3 Å². The molecule has 0 saturated carbocycles. The highest BCUT2D eigenvalue weighted by Gasteiger charge is 2.10. The van der Waals surface area contributed by atoms with Crippen LogP contribution in [0.5, 0.6) is 0 Å². The molecule has 3 nitrogen and oxygen atoms in total. The lowest BCUT2D eigenvalue weighted by Gasteiger charge is -2.04. The van der Waals surface area contributed by atoms with Gasteiger partial charge in [-0.15, -0.1) is 6.58 Å². The van der Waals surface area contributed by atoms with Crippen molar-refractivity contribution in [2.24, 2.45) is 0 Å². The zero-order valence-electron chi connectivity index (χ0n) is 10.3. The monoisotopic (exact) mass is 249 g/mol. The van der Waals surface area contributed by atoms with E-state index in [0.717, 1.165) is 0 Å². The van der Waals surface area contributed by atoms with Crippen LogP contribution in [0.25, 0.3) is 0 Å². The van der Waals surface area contributed by atoms with Crippen LogP contribution in [0, 0.1) is 12.7 Å². The molecule has 96 valence electrons. The van der Waals surface area contributed by atoms with E-state index in [1.807, 2.05) is 0 Å². The van der Waals surface area contributed by atoms with Gasteiger partial charge in [-0.2, -0.15) is 0 Å². The molecule has 0 radical (unpaired) electrons. The van der Waals surface area contributed by atoms with Crippen molar-refractivity contribution in [2.75, 3.05) is 6.54 Å². The van der Waals surface area contributed by atoms with E-state index in [9.17, 15) is 14.0 Å². The van der Waals surface area contributed by atoms with Gasteiger partial charge in [0.1, 0.15) is 5.82 Å². The van der Waals surface area contributed by atoms with E-state index in [1.165, 1.54) is 18.2 Å². The number of nitrogens with one attached hydrogen (secondary N) is 1. The molecule has 0 heterocycles. The Hall–Kier alpha value is -1.97. The number of halogens is 1. The Kier molecular flexibility index (Phi) is 5.24. The van der Waals surface area contributed by atoms with Crippen LogP contribution < -0.4 is 5.32 Å². The molecule has 0 saturated heterocycles. The van der Waals surface area contributed by atoms with Crippen molar-refractivity contribution in [1.82, 2.24) is 5.32 Å². The first-order valence-corrected chi connectivity index (χ1v) is 5.71. The van der Waals surface area contributed by atoms with Crippen LogP contribution >= 0.6 is 0 Å². The van der Waals surface area contributed by atoms with Crippen LogP contribution in [0.3, 0.4) is 0 Å². The van der Waals surface area contributed by atoms with E-state index in [2.05, 4.69) is 11.9 Å². The summed E-state index contributed by atoms with van der Waals surface area (Å²) in [5.41, 5.74) is 0.863. The van der Waals surface area contributed by atoms with Gasteiger partial charge in [0, 0.05) is 24.9 Å².